The molecule has 6 nitrogen and oxygen atoms in total. The van der Waals surface area contributed by atoms with Crippen molar-refractivity contribution in [1.82, 2.24) is 9.80 Å². The predicted octanol–water partition coefficient (Wildman–Crippen LogP) is 8.54. The second-order valence-corrected chi connectivity index (χ2v) is 13.9. The zero-order valence-electron chi connectivity index (χ0n) is 28.4. The van der Waals surface area contributed by atoms with E-state index < -0.39 is 47.2 Å². The molecule has 1 amide bonds. The Labute approximate surface area is 283 Å². The minimum Gasteiger partial charge on any atom is -0.444 e. The summed E-state index contributed by atoms with van der Waals surface area (Å²) >= 11 is 0. The number of halogens is 2. The van der Waals surface area contributed by atoms with Gasteiger partial charge in [-0.3, -0.25) is 9.80 Å². The lowest BCUT2D eigenvalue weighted by molar-refractivity contribution is -0.0897. The van der Waals surface area contributed by atoms with E-state index in [1.54, 1.807) is 4.90 Å². The summed E-state index contributed by atoms with van der Waals surface area (Å²) < 4.78 is 48.5. The molecule has 0 spiro atoms. The number of amides is 1. The third-order valence-electron chi connectivity index (χ3n) is 8.45. The van der Waals surface area contributed by atoms with Crippen LogP contribution >= 0.6 is 0 Å². The maximum absolute atomic E-state index is 14.7. The largest absolute Gasteiger partial charge is 0.444 e. The minimum atomic E-state index is -0.999. The van der Waals surface area contributed by atoms with E-state index in [0.29, 0.717) is 18.7 Å². The second kappa shape index (κ2) is 15.4. The lowest BCUT2D eigenvalue weighted by atomic mass is 9.92. The SMILES string of the molecule is CC(C)(C)OC(=O)N1C([C@@H](OCc2ccccc2)[C@H](Cc2cc(F)cc(F)c2)N(Cc2ccccc2)Cc2ccccc2)COC1(C)C. The van der Waals surface area contributed by atoms with E-state index in [1.807, 2.05) is 101 Å². The van der Waals surface area contributed by atoms with Crippen LogP contribution in [-0.4, -0.2) is 52.0 Å². The van der Waals surface area contributed by atoms with Crippen molar-refractivity contribution < 1.29 is 27.8 Å². The maximum atomic E-state index is 14.7. The molecule has 3 atom stereocenters. The first-order valence-corrected chi connectivity index (χ1v) is 16.5. The molecule has 0 radical (unpaired) electrons. The quantitative estimate of drug-likeness (QED) is 0.153. The standard InChI is InChI=1S/C40H46F2N2O4/c1-39(2,3)48-38(45)44-36(28-47-40(44,4)5)37(46-27-31-19-13-8-14-20-31)35(23-32-21-33(41)24-34(42)22-32)43(25-29-15-9-6-10-16-29)26-30-17-11-7-12-18-30/h6-22,24,35-37H,23,25-28H2,1-5H3/t35-,36?,37-/m0/s1. The fraction of sp³-hybridized carbons (Fsp3) is 0.375. The smallest absolute Gasteiger partial charge is 0.412 e. The minimum absolute atomic E-state index is 0.185. The topological polar surface area (TPSA) is 51.2 Å². The third kappa shape index (κ3) is 9.49. The third-order valence-corrected chi connectivity index (χ3v) is 8.45. The number of nitrogens with zero attached hydrogens (tertiary/aromatic N) is 2. The first-order chi connectivity index (χ1) is 22.9. The van der Waals surface area contributed by atoms with Crippen LogP contribution in [0.15, 0.2) is 109 Å². The summed E-state index contributed by atoms with van der Waals surface area (Å²) in [6.45, 7) is 10.6. The molecule has 4 aromatic rings. The van der Waals surface area contributed by atoms with Crippen LogP contribution in [0.4, 0.5) is 13.6 Å². The van der Waals surface area contributed by atoms with Crippen LogP contribution in [0.5, 0.6) is 0 Å². The average molecular weight is 657 g/mol. The molecular weight excluding hydrogens is 610 g/mol. The van der Waals surface area contributed by atoms with Crippen molar-refractivity contribution in [3.05, 3.63) is 143 Å². The molecule has 0 saturated carbocycles. The molecule has 0 aromatic heterocycles. The molecule has 0 aliphatic carbocycles. The Hall–Kier alpha value is -4.11. The van der Waals surface area contributed by atoms with E-state index in [2.05, 4.69) is 29.2 Å². The van der Waals surface area contributed by atoms with Gasteiger partial charge in [0.2, 0.25) is 0 Å². The lowest BCUT2D eigenvalue weighted by Gasteiger charge is -2.43. The molecule has 1 aliphatic heterocycles. The van der Waals surface area contributed by atoms with Crippen molar-refractivity contribution in [2.75, 3.05) is 6.61 Å². The van der Waals surface area contributed by atoms with E-state index in [4.69, 9.17) is 14.2 Å². The van der Waals surface area contributed by atoms with Gasteiger partial charge < -0.3 is 14.2 Å². The molecule has 1 saturated heterocycles. The molecule has 48 heavy (non-hydrogen) atoms. The summed E-state index contributed by atoms with van der Waals surface area (Å²) in [5.74, 6) is -1.30. The van der Waals surface area contributed by atoms with Crippen molar-refractivity contribution in [3.63, 3.8) is 0 Å². The van der Waals surface area contributed by atoms with Crippen molar-refractivity contribution in [2.24, 2.45) is 0 Å². The van der Waals surface area contributed by atoms with Gasteiger partial charge in [0.15, 0.2) is 0 Å². The van der Waals surface area contributed by atoms with Crippen molar-refractivity contribution in [1.29, 1.82) is 0 Å². The number of benzene rings is 4. The summed E-state index contributed by atoms with van der Waals surface area (Å²) in [6.07, 6.45) is -0.942. The highest BCUT2D eigenvalue weighted by Crippen LogP contribution is 2.35. The first kappa shape index (κ1) is 35.2. The Kier molecular flexibility index (Phi) is 11.3. The zero-order chi connectivity index (χ0) is 34.3. The Balaban J connectivity index is 1.64. The average Bonchev–Trinajstić information content (AvgIpc) is 3.35. The number of hydrogen-bond donors (Lipinski definition) is 0. The van der Waals surface area contributed by atoms with E-state index >= 15 is 0 Å². The molecule has 1 aliphatic rings. The number of ether oxygens (including phenoxy) is 3. The zero-order valence-corrected chi connectivity index (χ0v) is 28.4. The van der Waals surface area contributed by atoms with Gasteiger partial charge in [0.25, 0.3) is 0 Å². The fourth-order valence-electron chi connectivity index (χ4n) is 6.34. The molecular formula is C40H46F2N2O4. The molecule has 8 heteroatoms. The number of carbonyl (C=O) groups excluding carboxylic acids is 1. The Morgan fingerprint density at radius 1 is 0.833 bits per heavy atom. The van der Waals surface area contributed by atoms with E-state index in [9.17, 15) is 13.6 Å². The van der Waals surface area contributed by atoms with E-state index in [-0.39, 0.29) is 19.6 Å². The van der Waals surface area contributed by atoms with Crippen LogP contribution in [0.3, 0.4) is 0 Å². The maximum Gasteiger partial charge on any atom is 0.412 e. The highest BCUT2D eigenvalue weighted by molar-refractivity contribution is 5.70. The van der Waals surface area contributed by atoms with E-state index in [1.165, 1.54) is 12.1 Å². The highest BCUT2D eigenvalue weighted by Gasteiger charge is 2.51. The van der Waals surface area contributed by atoms with Gasteiger partial charge in [-0.05, 0) is 75.4 Å². The number of rotatable bonds is 12. The molecule has 254 valence electrons. The number of carbonyl (C=O) groups is 1. The molecule has 4 aromatic carbocycles. The highest BCUT2D eigenvalue weighted by atomic mass is 19.1. The van der Waals surface area contributed by atoms with Crippen molar-refractivity contribution in [2.45, 2.75) is 90.2 Å². The van der Waals surface area contributed by atoms with Gasteiger partial charge in [0.05, 0.1) is 25.4 Å². The monoisotopic (exact) mass is 656 g/mol. The molecule has 1 fully saturated rings. The molecule has 1 heterocycles. The summed E-state index contributed by atoms with van der Waals surface area (Å²) in [6, 6.07) is 32.5. The summed E-state index contributed by atoms with van der Waals surface area (Å²) in [5, 5.41) is 0. The summed E-state index contributed by atoms with van der Waals surface area (Å²) in [7, 11) is 0. The Bertz CT molecular complexity index is 1550. The number of hydrogen-bond acceptors (Lipinski definition) is 5. The fourth-order valence-corrected chi connectivity index (χ4v) is 6.34. The predicted molar refractivity (Wildman–Crippen MR) is 183 cm³/mol. The van der Waals surface area contributed by atoms with Gasteiger partial charge in [-0.2, -0.15) is 0 Å². The lowest BCUT2D eigenvalue weighted by Crippen LogP contribution is -2.59. The van der Waals surface area contributed by atoms with Crippen molar-refractivity contribution >= 4 is 6.09 Å². The van der Waals surface area contributed by atoms with Gasteiger partial charge in [0.1, 0.15) is 23.0 Å². The van der Waals surface area contributed by atoms with Crippen molar-refractivity contribution in [3.8, 4) is 0 Å². The van der Waals surface area contributed by atoms with Crippen LogP contribution in [0.1, 0.15) is 56.9 Å². The molecule has 1 unspecified atom stereocenters. The van der Waals surface area contributed by atoms with Gasteiger partial charge in [-0.25, -0.2) is 13.6 Å². The van der Waals surface area contributed by atoms with Crippen LogP contribution in [0.25, 0.3) is 0 Å². The Morgan fingerprint density at radius 2 is 1.33 bits per heavy atom. The summed E-state index contributed by atoms with van der Waals surface area (Å²) in [5.41, 5.74) is 1.83. The van der Waals surface area contributed by atoms with Crippen LogP contribution in [-0.2, 0) is 40.3 Å². The van der Waals surface area contributed by atoms with E-state index in [0.717, 1.165) is 22.8 Å². The van der Waals surface area contributed by atoms with Gasteiger partial charge in [0, 0.05) is 25.2 Å². The first-order valence-electron chi connectivity index (χ1n) is 16.5. The normalized spacial score (nSPS) is 17.3. The second-order valence-electron chi connectivity index (χ2n) is 13.9. The van der Waals surface area contributed by atoms with Gasteiger partial charge in [-0.1, -0.05) is 91.0 Å². The van der Waals surface area contributed by atoms with Crippen LogP contribution < -0.4 is 0 Å². The van der Waals surface area contributed by atoms with Crippen LogP contribution in [0, 0.1) is 11.6 Å². The van der Waals surface area contributed by atoms with Gasteiger partial charge >= 0.3 is 6.09 Å². The van der Waals surface area contributed by atoms with Gasteiger partial charge in [-0.15, -0.1) is 0 Å². The molecule has 5 rings (SSSR count). The summed E-state index contributed by atoms with van der Waals surface area (Å²) in [4.78, 5) is 17.9. The van der Waals surface area contributed by atoms with Crippen LogP contribution in [0.2, 0.25) is 0 Å². The molecule has 0 bridgehead atoms. The Morgan fingerprint density at radius 3 is 1.83 bits per heavy atom. The molecule has 0 N–H and O–H groups in total.